The smallest absolute Gasteiger partial charge is 0.212 e. The minimum absolute atomic E-state index is 0. The zero-order chi connectivity index (χ0) is 22.4. The van der Waals surface area contributed by atoms with Gasteiger partial charge in [-0.1, -0.05) is 19.6 Å². The number of rotatable bonds is 14. The van der Waals surface area contributed by atoms with Crippen molar-refractivity contribution >= 4 is 20.0 Å². The van der Waals surface area contributed by atoms with Crippen LogP contribution in [0.4, 0.5) is 0 Å². The molecule has 0 rings (SSSR count). The lowest BCUT2D eigenvalue weighted by molar-refractivity contribution is 0.109. The van der Waals surface area contributed by atoms with Crippen LogP contribution in [0.25, 0.3) is 0 Å². The maximum Gasteiger partial charge on any atom is 0.212 e. The Labute approximate surface area is 178 Å². The second-order valence-corrected chi connectivity index (χ2v) is 10.4. The number of hydrogen-bond acceptors (Lipinski definition) is 6. The predicted octanol–water partition coefficient (Wildman–Crippen LogP) is 2.71. The second-order valence-electron chi connectivity index (χ2n) is 6.72. The Balaban J connectivity index is -0.000000451. The van der Waals surface area contributed by atoms with Crippen molar-refractivity contribution in [1.82, 2.24) is 0 Å². The number of ether oxygens (including phenoxy) is 2. The Bertz CT molecular complexity index is 579. The highest BCUT2D eigenvalue weighted by atomic mass is 32.2. The molecule has 0 aliphatic rings. The number of nitrogens with two attached hydrogens (primary N) is 2. The molecule has 0 heterocycles. The van der Waals surface area contributed by atoms with Crippen LogP contribution in [0.5, 0.6) is 0 Å². The molecule has 0 aromatic rings. The SMILES string of the molecule is C.C=CCC[C@@H](C[C@@H](C)OC)S(N)(=O)=O.C=CCC[C@H](C[C@@H](C)OC)S(N)(=O)=O. The minimum atomic E-state index is -3.47. The number of primary sulfonamides is 2. The molecular weight excluding hydrogens is 416 g/mol. The average Bonchev–Trinajstić information content (AvgIpc) is 2.60. The predicted molar refractivity (Wildman–Crippen MR) is 122 cm³/mol. The van der Waals surface area contributed by atoms with Gasteiger partial charge in [0.25, 0.3) is 0 Å². The summed E-state index contributed by atoms with van der Waals surface area (Å²) in [5, 5.41) is 9.15. The highest BCUT2D eigenvalue weighted by Gasteiger charge is 2.23. The van der Waals surface area contributed by atoms with Crippen LogP contribution < -0.4 is 10.3 Å². The van der Waals surface area contributed by atoms with E-state index in [0.717, 1.165) is 0 Å². The number of sulfonamides is 2. The zero-order valence-corrected chi connectivity index (χ0v) is 19.2. The Morgan fingerprint density at radius 3 is 1.24 bits per heavy atom. The van der Waals surface area contributed by atoms with Gasteiger partial charge >= 0.3 is 0 Å². The maximum absolute atomic E-state index is 11.2. The maximum atomic E-state index is 11.2. The Hall–Kier alpha value is -0.780. The van der Waals surface area contributed by atoms with Crippen LogP contribution in [0.3, 0.4) is 0 Å². The van der Waals surface area contributed by atoms with Gasteiger partial charge in [-0.2, -0.15) is 0 Å². The fourth-order valence-electron chi connectivity index (χ4n) is 2.37. The molecule has 0 unspecified atom stereocenters. The fourth-order valence-corrected chi connectivity index (χ4v) is 4.38. The fraction of sp³-hybridized carbons (Fsp3) is 0.789. The molecule has 0 spiro atoms. The summed E-state index contributed by atoms with van der Waals surface area (Å²) in [7, 11) is -3.83. The van der Waals surface area contributed by atoms with Crippen molar-refractivity contribution in [1.29, 1.82) is 0 Å². The monoisotopic (exact) mass is 458 g/mol. The molecule has 29 heavy (non-hydrogen) atoms. The van der Waals surface area contributed by atoms with E-state index >= 15 is 0 Å². The van der Waals surface area contributed by atoms with E-state index in [1.165, 1.54) is 0 Å². The lowest BCUT2D eigenvalue weighted by Crippen LogP contribution is -2.31. The molecule has 0 fully saturated rings. The van der Waals surface area contributed by atoms with Crippen molar-refractivity contribution in [3.05, 3.63) is 25.3 Å². The summed E-state index contributed by atoms with van der Waals surface area (Å²) >= 11 is 0. The van der Waals surface area contributed by atoms with Crippen LogP contribution in [0.15, 0.2) is 25.3 Å². The van der Waals surface area contributed by atoms with E-state index in [-0.39, 0.29) is 19.6 Å². The Kier molecular flexibility index (Phi) is 19.2. The van der Waals surface area contributed by atoms with E-state index in [9.17, 15) is 16.8 Å². The Morgan fingerprint density at radius 1 is 0.793 bits per heavy atom. The van der Waals surface area contributed by atoms with Gasteiger partial charge in [-0.3, -0.25) is 0 Å². The van der Waals surface area contributed by atoms with Gasteiger partial charge in [0.2, 0.25) is 20.0 Å². The highest BCUT2D eigenvalue weighted by molar-refractivity contribution is 7.90. The molecule has 0 saturated heterocycles. The number of allylic oxidation sites excluding steroid dienone is 2. The van der Waals surface area contributed by atoms with Gasteiger partial charge < -0.3 is 9.47 Å². The zero-order valence-electron chi connectivity index (χ0n) is 17.5. The van der Waals surface area contributed by atoms with E-state index in [2.05, 4.69) is 13.2 Å². The first kappa shape index (κ1) is 32.9. The van der Waals surface area contributed by atoms with Crippen molar-refractivity contribution in [3.8, 4) is 0 Å². The molecule has 176 valence electrons. The molecule has 0 bridgehead atoms. The summed E-state index contributed by atoms with van der Waals surface area (Å²) in [4.78, 5) is 0. The first-order valence-corrected chi connectivity index (χ1v) is 12.4. The van der Waals surface area contributed by atoms with Crippen molar-refractivity contribution in [2.24, 2.45) is 10.3 Å². The van der Waals surface area contributed by atoms with Crippen molar-refractivity contribution < 1.29 is 26.3 Å². The van der Waals surface area contributed by atoms with Crippen LogP contribution >= 0.6 is 0 Å². The molecule has 0 aliphatic heterocycles. The van der Waals surface area contributed by atoms with Crippen molar-refractivity contribution in [2.75, 3.05) is 14.2 Å². The van der Waals surface area contributed by atoms with Crippen LogP contribution in [0.2, 0.25) is 0 Å². The summed E-state index contributed by atoms with van der Waals surface area (Å²) < 4.78 is 54.7. The van der Waals surface area contributed by atoms with Gasteiger partial charge in [0.05, 0.1) is 22.7 Å². The third kappa shape index (κ3) is 17.8. The van der Waals surface area contributed by atoms with Crippen molar-refractivity contribution in [3.63, 3.8) is 0 Å². The van der Waals surface area contributed by atoms with Gasteiger partial charge in [0, 0.05) is 14.2 Å². The molecule has 10 heteroatoms. The molecule has 4 atom stereocenters. The van der Waals surface area contributed by atoms with E-state index in [1.54, 1.807) is 26.4 Å². The molecule has 0 aliphatic carbocycles. The first-order chi connectivity index (χ1) is 12.8. The van der Waals surface area contributed by atoms with Crippen molar-refractivity contribution in [2.45, 2.75) is 82.5 Å². The van der Waals surface area contributed by atoms with E-state index in [1.807, 2.05) is 13.8 Å². The van der Waals surface area contributed by atoms with Crippen LogP contribution in [0.1, 0.15) is 59.8 Å². The van der Waals surface area contributed by atoms with E-state index in [4.69, 9.17) is 19.8 Å². The molecule has 8 nitrogen and oxygen atoms in total. The average molecular weight is 459 g/mol. The van der Waals surface area contributed by atoms with Gasteiger partial charge in [-0.15, -0.1) is 13.2 Å². The number of hydrogen-bond donors (Lipinski definition) is 2. The lowest BCUT2D eigenvalue weighted by atomic mass is 10.1. The summed E-state index contributed by atoms with van der Waals surface area (Å²) in [6, 6.07) is 0. The molecule has 4 N–H and O–H groups in total. The van der Waals surface area contributed by atoms with Crippen LogP contribution in [-0.2, 0) is 29.5 Å². The van der Waals surface area contributed by atoms with Crippen LogP contribution in [-0.4, -0.2) is 53.8 Å². The van der Waals surface area contributed by atoms with E-state index < -0.39 is 30.5 Å². The van der Waals surface area contributed by atoms with E-state index in [0.29, 0.717) is 38.5 Å². The summed E-state index contributed by atoms with van der Waals surface area (Å²) in [6.07, 6.45) is 6.38. The second kappa shape index (κ2) is 17.0. The topological polar surface area (TPSA) is 139 Å². The van der Waals surface area contributed by atoms with Crippen LogP contribution in [0, 0.1) is 0 Å². The molecule has 0 amide bonds. The minimum Gasteiger partial charge on any atom is -0.382 e. The molecule has 0 aromatic heterocycles. The molecule has 0 aromatic carbocycles. The van der Waals surface area contributed by atoms with Gasteiger partial charge in [0.15, 0.2) is 0 Å². The Morgan fingerprint density at radius 2 is 1.07 bits per heavy atom. The summed E-state index contributed by atoms with van der Waals surface area (Å²) in [5.41, 5.74) is 0. The summed E-state index contributed by atoms with van der Waals surface area (Å²) in [6.45, 7) is 10.7. The largest absolute Gasteiger partial charge is 0.382 e. The quantitative estimate of drug-likeness (QED) is 0.384. The molecule has 0 saturated carbocycles. The van der Waals surface area contributed by atoms with Gasteiger partial charge in [0.1, 0.15) is 0 Å². The molecule has 0 radical (unpaired) electrons. The highest BCUT2D eigenvalue weighted by Crippen LogP contribution is 2.15. The van der Waals surface area contributed by atoms with Gasteiger partial charge in [-0.05, 0) is 52.4 Å². The third-order valence-corrected chi connectivity index (χ3v) is 7.02. The normalized spacial score (nSPS) is 15.7. The van der Waals surface area contributed by atoms with Gasteiger partial charge in [-0.25, -0.2) is 27.1 Å². The molecular formula is C19H42N2O6S2. The first-order valence-electron chi connectivity index (χ1n) is 9.13. The third-order valence-electron chi connectivity index (χ3n) is 4.31. The standard InChI is InChI=1S/2C9H19NO3S.CH4/c2*1-4-5-6-9(14(10,11)12)7-8(2)13-3;/h2*4,8-9H,1,5-7H2,2-3H3,(H2,10,11,12);1H4/t8-,9+;8-,9-;/m11./s1. The summed E-state index contributed by atoms with van der Waals surface area (Å²) in [5.74, 6) is 0. The lowest BCUT2D eigenvalue weighted by Gasteiger charge is -2.17. The number of methoxy groups -OCH3 is 2.